The van der Waals surface area contributed by atoms with Crippen LogP contribution in [0.1, 0.15) is 28.4 Å². The van der Waals surface area contributed by atoms with Crippen molar-refractivity contribution in [1.29, 1.82) is 5.26 Å². The molecular formula is C10H8N2O4. The summed E-state index contributed by atoms with van der Waals surface area (Å²) in [6, 6.07) is 4.05. The Morgan fingerprint density at radius 1 is 1.62 bits per heavy atom. The van der Waals surface area contributed by atoms with Gasteiger partial charge >= 0.3 is 5.97 Å². The van der Waals surface area contributed by atoms with Crippen LogP contribution in [0.2, 0.25) is 0 Å². The van der Waals surface area contributed by atoms with Gasteiger partial charge in [0.1, 0.15) is 11.6 Å². The Hall–Kier alpha value is -2.42. The highest BCUT2D eigenvalue weighted by atomic mass is 16.6. The van der Waals surface area contributed by atoms with Crippen LogP contribution >= 0.6 is 0 Å². The number of carboxylic acid groups (broad SMARTS) is 1. The van der Waals surface area contributed by atoms with Gasteiger partial charge in [-0.1, -0.05) is 6.92 Å². The van der Waals surface area contributed by atoms with Crippen molar-refractivity contribution in [3.05, 3.63) is 38.9 Å². The summed E-state index contributed by atoms with van der Waals surface area (Å²) >= 11 is 0. The summed E-state index contributed by atoms with van der Waals surface area (Å²) in [6.07, 6.45) is 0.188. The number of hydrogen-bond donors (Lipinski definition) is 1. The lowest BCUT2D eigenvalue weighted by Crippen LogP contribution is -2.07. The molecule has 16 heavy (non-hydrogen) atoms. The predicted octanol–water partition coefficient (Wildman–Crippen LogP) is 1.73. The number of nitro groups is 1. The van der Waals surface area contributed by atoms with Crippen molar-refractivity contribution in [2.24, 2.45) is 0 Å². The van der Waals surface area contributed by atoms with E-state index >= 15 is 0 Å². The minimum Gasteiger partial charge on any atom is -0.478 e. The fraction of sp³-hybridized carbons (Fsp3) is 0.200. The molecule has 0 unspecified atom stereocenters. The van der Waals surface area contributed by atoms with Gasteiger partial charge in [0.25, 0.3) is 5.69 Å². The van der Waals surface area contributed by atoms with Gasteiger partial charge in [0.15, 0.2) is 0 Å². The van der Waals surface area contributed by atoms with E-state index in [1.807, 2.05) is 0 Å². The molecule has 0 aliphatic rings. The van der Waals surface area contributed by atoms with Crippen LogP contribution < -0.4 is 0 Å². The molecular weight excluding hydrogens is 212 g/mol. The molecule has 0 aromatic heterocycles. The van der Waals surface area contributed by atoms with Gasteiger partial charge in [0, 0.05) is 5.56 Å². The van der Waals surface area contributed by atoms with Crippen LogP contribution in [0.5, 0.6) is 0 Å². The number of carboxylic acids is 1. The van der Waals surface area contributed by atoms with Gasteiger partial charge in [-0.15, -0.1) is 0 Å². The zero-order chi connectivity index (χ0) is 12.3. The SMILES string of the molecule is CCc1c(C(=O)O)ccc(C#N)c1[N+](=O)[O-]. The van der Waals surface area contributed by atoms with E-state index in [1.165, 1.54) is 6.07 Å². The highest BCUT2D eigenvalue weighted by Gasteiger charge is 2.24. The van der Waals surface area contributed by atoms with Crippen LogP contribution in [-0.4, -0.2) is 16.0 Å². The molecule has 0 aliphatic carbocycles. The zero-order valence-corrected chi connectivity index (χ0v) is 8.43. The van der Waals surface area contributed by atoms with E-state index < -0.39 is 16.6 Å². The molecule has 1 rings (SSSR count). The summed E-state index contributed by atoms with van der Waals surface area (Å²) in [7, 11) is 0. The first-order valence-electron chi connectivity index (χ1n) is 4.46. The van der Waals surface area contributed by atoms with Crippen LogP contribution in [0.15, 0.2) is 12.1 Å². The summed E-state index contributed by atoms with van der Waals surface area (Å²) in [4.78, 5) is 20.9. The molecule has 1 aromatic carbocycles. The van der Waals surface area contributed by atoms with Gasteiger partial charge in [0.2, 0.25) is 0 Å². The van der Waals surface area contributed by atoms with E-state index in [0.29, 0.717) is 0 Å². The van der Waals surface area contributed by atoms with Crippen molar-refractivity contribution in [3.8, 4) is 6.07 Å². The van der Waals surface area contributed by atoms with Crippen LogP contribution in [-0.2, 0) is 6.42 Å². The molecule has 0 amide bonds. The minimum absolute atomic E-state index is 0.0801. The standard InChI is InChI=1S/C10H8N2O4/c1-2-7-8(10(13)14)4-3-6(5-11)9(7)12(15)16/h3-4H,2H2,1H3,(H,13,14). The maximum Gasteiger partial charge on any atom is 0.336 e. The monoisotopic (exact) mass is 220 g/mol. The number of nitriles is 1. The quantitative estimate of drug-likeness (QED) is 0.616. The lowest BCUT2D eigenvalue weighted by Gasteiger charge is -2.05. The highest BCUT2D eigenvalue weighted by molar-refractivity contribution is 5.91. The fourth-order valence-corrected chi connectivity index (χ4v) is 1.49. The third-order valence-electron chi connectivity index (χ3n) is 2.17. The van der Waals surface area contributed by atoms with Gasteiger partial charge < -0.3 is 5.11 Å². The Kier molecular flexibility index (Phi) is 3.20. The largest absolute Gasteiger partial charge is 0.478 e. The maximum atomic E-state index is 10.8. The first-order valence-corrected chi connectivity index (χ1v) is 4.46. The number of aromatic carboxylic acids is 1. The Morgan fingerprint density at radius 3 is 2.62 bits per heavy atom. The van der Waals surface area contributed by atoms with E-state index in [1.54, 1.807) is 13.0 Å². The molecule has 0 bridgehead atoms. The third kappa shape index (κ3) is 1.83. The number of benzene rings is 1. The van der Waals surface area contributed by atoms with Gasteiger partial charge in [-0.25, -0.2) is 4.79 Å². The molecule has 1 aromatic rings. The van der Waals surface area contributed by atoms with E-state index in [0.717, 1.165) is 6.07 Å². The molecule has 0 heterocycles. The highest BCUT2D eigenvalue weighted by Crippen LogP contribution is 2.27. The second kappa shape index (κ2) is 4.40. The van der Waals surface area contributed by atoms with E-state index in [-0.39, 0.29) is 23.1 Å². The molecule has 6 heteroatoms. The van der Waals surface area contributed by atoms with Gasteiger partial charge in [-0.05, 0) is 18.6 Å². The normalized spacial score (nSPS) is 9.50. The Balaban J connectivity index is 3.64. The molecule has 82 valence electrons. The van der Waals surface area contributed by atoms with E-state index in [9.17, 15) is 14.9 Å². The molecule has 0 saturated carbocycles. The number of carbonyl (C=O) groups is 1. The molecule has 0 spiro atoms. The molecule has 1 N–H and O–H groups in total. The first kappa shape index (κ1) is 11.7. The maximum absolute atomic E-state index is 10.8. The molecule has 0 atom stereocenters. The minimum atomic E-state index is -1.23. The third-order valence-corrected chi connectivity index (χ3v) is 2.17. The van der Waals surface area contributed by atoms with Crippen molar-refractivity contribution < 1.29 is 14.8 Å². The van der Waals surface area contributed by atoms with Crippen molar-refractivity contribution in [2.75, 3.05) is 0 Å². The van der Waals surface area contributed by atoms with Crippen molar-refractivity contribution >= 4 is 11.7 Å². The zero-order valence-electron chi connectivity index (χ0n) is 8.43. The van der Waals surface area contributed by atoms with Crippen molar-refractivity contribution in [1.82, 2.24) is 0 Å². The average molecular weight is 220 g/mol. The predicted molar refractivity (Wildman–Crippen MR) is 54.1 cm³/mol. The molecule has 0 aliphatic heterocycles. The Bertz CT molecular complexity index is 502. The van der Waals surface area contributed by atoms with Crippen LogP contribution in [0.4, 0.5) is 5.69 Å². The Labute approximate surface area is 90.9 Å². The molecule has 0 fully saturated rings. The van der Waals surface area contributed by atoms with E-state index in [2.05, 4.69) is 0 Å². The number of hydrogen-bond acceptors (Lipinski definition) is 4. The van der Waals surface area contributed by atoms with Crippen molar-refractivity contribution in [2.45, 2.75) is 13.3 Å². The summed E-state index contributed by atoms with van der Waals surface area (Å²) in [5, 5.41) is 28.4. The summed E-state index contributed by atoms with van der Waals surface area (Å²) in [5.74, 6) is -1.23. The number of nitrogens with zero attached hydrogens (tertiary/aromatic N) is 2. The summed E-state index contributed by atoms with van der Waals surface area (Å²) in [5.41, 5.74) is -0.582. The van der Waals surface area contributed by atoms with Gasteiger partial charge in [-0.3, -0.25) is 10.1 Å². The van der Waals surface area contributed by atoms with Crippen LogP contribution in [0.3, 0.4) is 0 Å². The second-order valence-corrected chi connectivity index (χ2v) is 3.02. The van der Waals surface area contributed by atoms with E-state index in [4.69, 9.17) is 10.4 Å². The second-order valence-electron chi connectivity index (χ2n) is 3.02. The Morgan fingerprint density at radius 2 is 2.25 bits per heavy atom. The van der Waals surface area contributed by atoms with Crippen LogP contribution in [0.25, 0.3) is 0 Å². The molecule has 6 nitrogen and oxygen atoms in total. The smallest absolute Gasteiger partial charge is 0.336 e. The van der Waals surface area contributed by atoms with Gasteiger partial charge in [-0.2, -0.15) is 5.26 Å². The first-order chi connectivity index (χ1) is 7.52. The number of rotatable bonds is 3. The number of nitro benzene ring substituents is 1. The van der Waals surface area contributed by atoms with Gasteiger partial charge in [0.05, 0.1) is 10.5 Å². The molecule has 0 radical (unpaired) electrons. The van der Waals surface area contributed by atoms with Crippen molar-refractivity contribution in [3.63, 3.8) is 0 Å². The topological polar surface area (TPSA) is 104 Å². The fourth-order valence-electron chi connectivity index (χ4n) is 1.49. The summed E-state index contributed by atoms with van der Waals surface area (Å²) < 4.78 is 0. The average Bonchev–Trinajstić information content (AvgIpc) is 2.26. The van der Waals surface area contributed by atoms with Crippen LogP contribution in [0, 0.1) is 21.4 Å². The molecule has 0 saturated heterocycles. The lowest BCUT2D eigenvalue weighted by molar-refractivity contribution is -0.385. The lowest BCUT2D eigenvalue weighted by atomic mass is 9.99. The summed E-state index contributed by atoms with van der Waals surface area (Å²) in [6.45, 7) is 1.61.